The fourth-order valence-electron chi connectivity index (χ4n) is 7.02. The minimum absolute atomic E-state index is 0.136. The van der Waals surface area contributed by atoms with E-state index in [1.54, 1.807) is 29.8 Å². The van der Waals surface area contributed by atoms with Gasteiger partial charge in [0.1, 0.15) is 11.7 Å². The minimum Gasteiger partial charge on any atom is -0.507 e. The number of hydrogen-bond acceptors (Lipinski definition) is 12. The van der Waals surface area contributed by atoms with Crippen molar-refractivity contribution in [2.45, 2.75) is 36.9 Å². The maximum absolute atomic E-state index is 14.3. The van der Waals surface area contributed by atoms with Gasteiger partial charge in [0, 0.05) is 10.4 Å². The van der Waals surface area contributed by atoms with Crippen LogP contribution in [0.4, 0.5) is 0 Å². The summed E-state index contributed by atoms with van der Waals surface area (Å²) < 4.78 is 0. The summed E-state index contributed by atoms with van der Waals surface area (Å²) >= 11 is 1.41. The van der Waals surface area contributed by atoms with Crippen molar-refractivity contribution in [1.29, 1.82) is 5.26 Å². The molecule has 2 unspecified atom stereocenters. The molecule has 2 saturated carbocycles. The number of carbonyl (C=O) groups excluding carboxylic acids is 5. The standard InChI is InChI=1S/C28H28N6O6S/c1-12-16(41-11-33-12)7-5-13-4-6-15(35)17-14(13)8-26(31)9-28(32)22(34(2)3)21(37)18(25(30)40)23(38)27(28,10-29)24(39)19(26)20(17)36/h4-7,11,18-19,22,35H,8-9,31-32H2,1-3H3,(H2,30,40)/t18?,19?,22-,26-,27+,28-/m1/s1. The summed E-state index contributed by atoms with van der Waals surface area (Å²) in [6.45, 7) is 1.85. The van der Waals surface area contributed by atoms with E-state index in [-0.39, 0.29) is 12.0 Å². The second kappa shape index (κ2) is 9.22. The fourth-order valence-corrected chi connectivity index (χ4v) is 7.72. The van der Waals surface area contributed by atoms with E-state index in [0.29, 0.717) is 11.1 Å². The molecular formula is C28H28N6O6S. The van der Waals surface area contributed by atoms with Gasteiger partial charge in [-0.1, -0.05) is 12.1 Å². The molecule has 1 amide bonds. The Morgan fingerprint density at radius 2 is 1.88 bits per heavy atom. The van der Waals surface area contributed by atoms with Crippen LogP contribution in [0.15, 0.2) is 17.6 Å². The van der Waals surface area contributed by atoms with Gasteiger partial charge in [0.25, 0.3) is 0 Å². The van der Waals surface area contributed by atoms with Gasteiger partial charge >= 0.3 is 0 Å². The van der Waals surface area contributed by atoms with E-state index in [0.717, 1.165) is 10.6 Å². The summed E-state index contributed by atoms with van der Waals surface area (Å²) in [5.41, 5.74) is 15.6. The first-order chi connectivity index (χ1) is 19.2. The highest BCUT2D eigenvalue weighted by Gasteiger charge is 2.78. The third kappa shape index (κ3) is 3.61. The number of aromatic nitrogens is 1. The molecule has 0 aliphatic heterocycles. The molecule has 6 atom stereocenters. The number of ketones is 4. The fraction of sp³-hybridized carbons (Fsp3) is 0.393. The zero-order valence-electron chi connectivity index (χ0n) is 22.5. The topological polar surface area (TPSA) is 224 Å². The number of phenolic OH excluding ortho intramolecular Hbond substituents is 1. The Morgan fingerprint density at radius 1 is 1.20 bits per heavy atom. The molecular weight excluding hydrogens is 548 g/mol. The lowest BCUT2D eigenvalue weighted by atomic mass is 9.42. The third-order valence-electron chi connectivity index (χ3n) is 8.71. The van der Waals surface area contributed by atoms with Crippen LogP contribution in [0.1, 0.15) is 38.5 Å². The molecule has 212 valence electrons. The maximum Gasteiger partial charge on any atom is 0.235 e. The van der Waals surface area contributed by atoms with E-state index in [4.69, 9.17) is 17.2 Å². The van der Waals surface area contributed by atoms with Crippen LogP contribution >= 0.6 is 11.3 Å². The molecule has 0 spiro atoms. The Bertz CT molecular complexity index is 1640. The third-order valence-corrected chi connectivity index (χ3v) is 9.60. The predicted molar refractivity (Wildman–Crippen MR) is 147 cm³/mol. The van der Waals surface area contributed by atoms with E-state index < -0.39 is 75.6 Å². The maximum atomic E-state index is 14.3. The molecule has 12 nitrogen and oxygen atoms in total. The molecule has 1 aromatic heterocycles. The van der Waals surface area contributed by atoms with Crippen molar-refractivity contribution in [3.05, 3.63) is 44.9 Å². The number of primary amides is 1. The SMILES string of the molecule is Cc1ncsc1C=Cc1ccc(O)c2c1C[C@@]1(N)C[C@@]3(N)[C@H](N(C)C)C(=O)C(C(N)=O)C(=O)[C@@]3(C#N)C(=O)C1C2=O. The Morgan fingerprint density at radius 3 is 2.44 bits per heavy atom. The van der Waals surface area contributed by atoms with Crippen molar-refractivity contribution < 1.29 is 29.1 Å². The van der Waals surface area contributed by atoms with Crippen molar-refractivity contribution in [2.24, 2.45) is 34.5 Å². The average molecular weight is 577 g/mol. The lowest BCUT2D eigenvalue weighted by molar-refractivity contribution is -0.166. The van der Waals surface area contributed by atoms with Gasteiger partial charge in [0.2, 0.25) is 5.91 Å². The van der Waals surface area contributed by atoms with Gasteiger partial charge in [-0.15, -0.1) is 11.3 Å². The van der Waals surface area contributed by atoms with Gasteiger partial charge in [0.05, 0.1) is 34.4 Å². The summed E-state index contributed by atoms with van der Waals surface area (Å²) in [7, 11) is 2.91. The van der Waals surface area contributed by atoms with Crippen molar-refractivity contribution in [2.75, 3.05) is 14.1 Å². The number of hydrogen-bond donors (Lipinski definition) is 4. The normalized spacial score (nSPS) is 33.0. The zero-order chi connectivity index (χ0) is 30.2. The van der Waals surface area contributed by atoms with E-state index in [1.807, 2.05) is 6.92 Å². The smallest absolute Gasteiger partial charge is 0.235 e. The molecule has 2 aromatic rings. The van der Waals surface area contributed by atoms with Gasteiger partial charge in [-0.25, -0.2) is 4.98 Å². The Labute approximate surface area is 238 Å². The highest BCUT2D eigenvalue weighted by atomic mass is 32.1. The molecule has 7 N–H and O–H groups in total. The Hall–Kier alpha value is -4.09. The zero-order valence-corrected chi connectivity index (χ0v) is 23.3. The number of phenols is 1. The lowest BCUT2D eigenvalue weighted by Crippen LogP contribution is -2.85. The number of Topliss-reactive ketones (excluding diaryl/α,β-unsaturated/α-hetero) is 4. The van der Waals surface area contributed by atoms with Gasteiger partial charge in [0.15, 0.2) is 34.5 Å². The van der Waals surface area contributed by atoms with E-state index in [9.17, 15) is 34.3 Å². The number of aromatic hydroxyl groups is 1. The number of rotatable bonds is 4. The van der Waals surface area contributed by atoms with Gasteiger partial charge in [-0.3, -0.25) is 28.9 Å². The van der Waals surface area contributed by atoms with Crippen LogP contribution in [-0.4, -0.2) is 75.2 Å². The van der Waals surface area contributed by atoms with Crippen LogP contribution in [0.2, 0.25) is 0 Å². The van der Waals surface area contributed by atoms with Crippen LogP contribution in [0.3, 0.4) is 0 Å². The van der Waals surface area contributed by atoms with Gasteiger partial charge in [-0.2, -0.15) is 5.26 Å². The van der Waals surface area contributed by atoms with Crippen molar-refractivity contribution in [3.63, 3.8) is 0 Å². The number of amides is 1. The summed E-state index contributed by atoms with van der Waals surface area (Å²) in [6.07, 6.45) is 2.95. The predicted octanol–water partition coefficient (Wildman–Crippen LogP) is -0.256. The quantitative estimate of drug-likeness (QED) is 0.347. The molecule has 0 saturated heterocycles. The van der Waals surface area contributed by atoms with Crippen LogP contribution < -0.4 is 17.2 Å². The summed E-state index contributed by atoms with van der Waals surface area (Å²) in [6, 6.07) is 3.16. The van der Waals surface area contributed by atoms with E-state index in [2.05, 4.69) is 4.98 Å². The summed E-state index contributed by atoms with van der Waals surface area (Å²) in [4.78, 5) is 74.3. The number of fused-ring (bicyclic) bond motifs is 3. The van der Waals surface area contributed by atoms with E-state index >= 15 is 0 Å². The average Bonchev–Trinajstić information content (AvgIpc) is 3.26. The molecule has 13 heteroatoms. The van der Waals surface area contributed by atoms with Crippen LogP contribution in [0, 0.1) is 35.5 Å². The van der Waals surface area contributed by atoms with Crippen LogP contribution in [-0.2, 0) is 25.6 Å². The number of nitrogens with two attached hydrogens (primary N) is 3. The number of thiazole rings is 1. The molecule has 3 aliphatic rings. The second-order valence-corrected chi connectivity index (χ2v) is 12.2. The number of benzene rings is 1. The van der Waals surface area contributed by atoms with E-state index in [1.165, 1.54) is 36.4 Å². The largest absolute Gasteiger partial charge is 0.507 e. The van der Waals surface area contributed by atoms with Gasteiger partial charge in [-0.05, 0) is 57.1 Å². The van der Waals surface area contributed by atoms with Crippen molar-refractivity contribution in [1.82, 2.24) is 9.88 Å². The highest BCUT2D eigenvalue weighted by Crippen LogP contribution is 2.56. The molecule has 5 rings (SSSR count). The monoisotopic (exact) mass is 576 g/mol. The molecule has 0 bridgehead atoms. The Kier molecular flexibility index (Phi) is 6.39. The van der Waals surface area contributed by atoms with Crippen molar-refractivity contribution >= 4 is 52.5 Å². The second-order valence-electron chi connectivity index (χ2n) is 11.3. The molecule has 3 aliphatic carbocycles. The first-order valence-electron chi connectivity index (χ1n) is 12.7. The number of aryl methyl sites for hydroxylation is 1. The molecule has 0 radical (unpaired) electrons. The summed E-state index contributed by atoms with van der Waals surface area (Å²) in [5, 5.41) is 21.2. The van der Waals surface area contributed by atoms with Gasteiger partial charge < -0.3 is 22.3 Å². The number of likely N-dealkylation sites (N-methyl/N-ethyl adjacent to an activating group) is 1. The number of carbonyl (C=O) groups is 5. The number of nitrogens with zero attached hydrogens (tertiary/aromatic N) is 3. The Balaban J connectivity index is 1.73. The molecule has 2 fully saturated rings. The van der Waals surface area contributed by atoms with Crippen molar-refractivity contribution in [3.8, 4) is 11.8 Å². The minimum atomic E-state index is -2.77. The van der Waals surface area contributed by atoms with Crippen LogP contribution in [0.5, 0.6) is 5.75 Å². The number of nitriles is 1. The molecule has 1 heterocycles. The van der Waals surface area contributed by atoms with Crippen LogP contribution in [0.25, 0.3) is 12.2 Å². The molecule has 41 heavy (non-hydrogen) atoms. The highest BCUT2D eigenvalue weighted by molar-refractivity contribution is 7.10. The summed E-state index contributed by atoms with van der Waals surface area (Å²) in [5.74, 6) is -9.97. The molecule has 1 aromatic carbocycles. The first kappa shape index (κ1) is 28.4. The first-order valence-corrected chi connectivity index (χ1v) is 13.6. The lowest BCUT2D eigenvalue weighted by Gasteiger charge is -2.60.